The van der Waals surface area contributed by atoms with Crippen LogP contribution in [-0.2, 0) is 35.6 Å². The summed E-state index contributed by atoms with van der Waals surface area (Å²) in [5, 5.41) is 14.2. The Kier molecular flexibility index (Phi) is 5.38. The van der Waals surface area contributed by atoms with Crippen molar-refractivity contribution in [3.63, 3.8) is 0 Å². The summed E-state index contributed by atoms with van der Waals surface area (Å²) in [6.45, 7) is 6.03. The second-order valence-corrected chi connectivity index (χ2v) is 7.58. The van der Waals surface area contributed by atoms with Crippen molar-refractivity contribution in [1.29, 1.82) is 0 Å². The van der Waals surface area contributed by atoms with E-state index in [9.17, 15) is 9.59 Å². The number of benzene rings is 1. The van der Waals surface area contributed by atoms with E-state index >= 15 is 0 Å². The molecule has 1 aromatic heterocycles. The molecule has 8 heteroatoms. The van der Waals surface area contributed by atoms with E-state index in [2.05, 4.69) is 61.5 Å². The fourth-order valence-electron chi connectivity index (χ4n) is 3.88. The fourth-order valence-corrected chi connectivity index (χ4v) is 3.88. The number of nitrogens with zero attached hydrogens (tertiary/aromatic N) is 4. The van der Waals surface area contributed by atoms with Gasteiger partial charge in [-0.1, -0.05) is 29.8 Å². The predicted octanol–water partition coefficient (Wildman–Crippen LogP) is 0.540. The van der Waals surface area contributed by atoms with Crippen molar-refractivity contribution in [3.05, 3.63) is 47.0 Å². The highest BCUT2D eigenvalue weighted by atomic mass is 16.2. The van der Waals surface area contributed by atoms with E-state index in [4.69, 9.17) is 0 Å². The van der Waals surface area contributed by atoms with E-state index in [-0.39, 0.29) is 11.8 Å². The minimum absolute atomic E-state index is 0.0646. The molecule has 0 spiro atoms. The number of amides is 2. The van der Waals surface area contributed by atoms with Gasteiger partial charge in [0.2, 0.25) is 11.8 Å². The largest absolute Gasteiger partial charge is 0.347 e. The number of rotatable bonds is 5. The zero-order chi connectivity index (χ0) is 19.5. The Morgan fingerprint density at radius 2 is 2.14 bits per heavy atom. The first-order valence-corrected chi connectivity index (χ1v) is 9.84. The molecule has 0 aliphatic carbocycles. The van der Waals surface area contributed by atoms with Crippen LogP contribution < -0.4 is 10.6 Å². The normalized spacial score (nSPS) is 19.8. The van der Waals surface area contributed by atoms with E-state index in [0.29, 0.717) is 19.4 Å². The molecule has 1 aromatic carbocycles. The van der Waals surface area contributed by atoms with Gasteiger partial charge in [-0.05, 0) is 18.9 Å². The maximum absolute atomic E-state index is 12.2. The van der Waals surface area contributed by atoms with Crippen molar-refractivity contribution < 1.29 is 9.59 Å². The summed E-state index contributed by atoms with van der Waals surface area (Å²) in [4.78, 5) is 25.9. The number of hydrogen-bond donors (Lipinski definition) is 2. The Hall–Kier alpha value is -2.74. The zero-order valence-electron chi connectivity index (χ0n) is 16.1. The maximum Gasteiger partial charge on any atom is 0.242 e. The van der Waals surface area contributed by atoms with Crippen LogP contribution in [-0.4, -0.2) is 50.6 Å². The summed E-state index contributed by atoms with van der Waals surface area (Å²) in [6.07, 6.45) is 1.80. The van der Waals surface area contributed by atoms with Gasteiger partial charge in [-0.25, -0.2) is 0 Å². The lowest BCUT2D eigenvalue weighted by Crippen LogP contribution is -2.41. The first-order chi connectivity index (χ1) is 13.6. The number of fused-ring (bicyclic) bond motifs is 1. The van der Waals surface area contributed by atoms with Crippen LogP contribution in [0, 0.1) is 6.92 Å². The topological polar surface area (TPSA) is 92.2 Å². The van der Waals surface area contributed by atoms with E-state index in [1.165, 1.54) is 11.1 Å². The summed E-state index contributed by atoms with van der Waals surface area (Å²) in [6, 6.07) is 8.19. The van der Waals surface area contributed by atoms with Crippen molar-refractivity contribution in [3.8, 4) is 0 Å². The number of carbonyl (C=O) groups excluding carboxylic acids is 2. The summed E-state index contributed by atoms with van der Waals surface area (Å²) in [5.41, 5.74) is 2.60. The molecule has 2 amide bonds. The smallest absolute Gasteiger partial charge is 0.242 e. The quantitative estimate of drug-likeness (QED) is 0.788. The maximum atomic E-state index is 12.2. The van der Waals surface area contributed by atoms with Gasteiger partial charge < -0.3 is 15.2 Å². The van der Waals surface area contributed by atoms with Crippen LogP contribution in [0.25, 0.3) is 0 Å². The zero-order valence-corrected chi connectivity index (χ0v) is 16.1. The summed E-state index contributed by atoms with van der Waals surface area (Å²) < 4.78 is 2.11. The van der Waals surface area contributed by atoms with Gasteiger partial charge in [0.15, 0.2) is 5.82 Å². The highest BCUT2D eigenvalue weighted by Gasteiger charge is 2.27. The SMILES string of the molecule is Cc1cccc(CN2CCc3nnc(CNC(=O)C4CCC(=O)N4)n3CC2)c1. The van der Waals surface area contributed by atoms with Crippen LogP contribution in [0.5, 0.6) is 0 Å². The van der Waals surface area contributed by atoms with Gasteiger partial charge in [-0.2, -0.15) is 0 Å². The second-order valence-electron chi connectivity index (χ2n) is 7.58. The van der Waals surface area contributed by atoms with Crippen molar-refractivity contribution in [2.45, 2.75) is 51.9 Å². The Morgan fingerprint density at radius 3 is 2.93 bits per heavy atom. The molecule has 148 valence electrons. The molecule has 8 nitrogen and oxygen atoms in total. The molecule has 1 atom stereocenters. The lowest BCUT2D eigenvalue weighted by molar-refractivity contribution is -0.125. The van der Waals surface area contributed by atoms with Gasteiger partial charge >= 0.3 is 0 Å². The molecule has 1 fully saturated rings. The Labute approximate surface area is 164 Å². The van der Waals surface area contributed by atoms with E-state index in [1.807, 2.05) is 0 Å². The van der Waals surface area contributed by atoms with Gasteiger partial charge in [-0.3, -0.25) is 14.5 Å². The van der Waals surface area contributed by atoms with Gasteiger partial charge in [0.05, 0.1) is 6.54 Å². The standard InChI is InChI=1S/C20H26N6O2/c1-14-3-2-4-15(11-14)13-25-8-7-17-23-24-18(26(17)10-9-25)12-21-20(28)16-5-6-19(27)22-16/h2-4,11,16H,5-10,12-13H2,1H3,(H,21,28)(H,22,27). The third-order valence-electron chi connectivity index (χ3n) is 5.42. The van der Waals surface area contributed by atoms with Crippen LogP contribution in [0.3, 0.4) is 0 Å². The lowest BCUT2D eigenvalue weighted by Gasteiger charge is -2.20. The second kappa shape index (κ2) is 8.10. The number of nitrogens with one attached hydrogen (secondary N) is 2. The molecule has 0 bridgehead atoms. The Balaban J connectivity index is 1.34. The summed E-state index contributed by atoms with van der Waals surface area (Å²) in [7, 11) is 0. The van der Waals surface area contributed by atoms with E-state index < -0.39 is 6.04 Å². The van der Waals surface area contributed by atoms with Gasteiger partial charge in [0.25, 0.3) is 0 Å². The molecule has 2 aliphatic rings. The molecule has 2 aliphatic heterocycles. The van der Waals surface area contributed by atoms with Crippen LogP contribution in [0.15, 0.2) is 24.3 Å². The van der Waals surface area contributed by atoms with Crippen molar-refractivity contribution in [1.82, 2.24) is 30.3 Å². The number of hydrogen-bond acceptors (Lipinski definition) is 5. The average molecular weight is 382 g/mol. The first-order valence-electron chi connectivity index (χ1n) is 9.84. The highest BCUT2D eigenvalue weighted by molar-refractivity contribution is 5.90. The molecule has 3 heterocycles. The van der Waals surface area contributed by atoms with Gasteiger partial charge in [-0.15, -0.1) is 10.2 Å². The molecule has 1 saturated heterocycles. The highest BCUT2D eigenvalue weighted by Crippen LogP contribution is 2.14. The van der Waals surface area contributed by atoms with E-state index in [0.717, 1.165) is 44.2 Å². The lowest BCUT2D eigenvalue weighted by atomic mass is 10.1. The average Bonchev–Trinajstić information content (AvgIpc) is 3.23. The van der Waals surface area contributed by atoms with E-state index in [1.54, 1.807) is 0 Å². The molecule has 2 N–H and O–H groups in total. The first kappa shape index (κ1) is 18.6. The molecule has 4 rings (SSSR count). The molecule has 1 unspecified atom stereocenters. The van der Waals surface area contributed by atoms with Crippen LogP contribution in [0.2, 0.25) is 0 Å². The van der Waals surface area contributed by atoms with Crippen molar-refractivity contribution in [2.24, 2.45) is 0 Å². The Morgan fingerprint density at radius 1 is 1.25 bits per heavy atom. The molecular formula is C20H26N6O2. The van der Waals surface area contributed by atoms with Crippen LogP contribution in [0.1, 0.15) is 35.6 Å². The van der Waals surface area contributed by atoms with Crippen molar-refractivity contribution in [2.75, 3.05) is 13.1 Å². The molecule has 2 aromatic rings. The number of aryl methyl sites for hydroxylation is 1. The van der Waals surface area contributed by atoms with Gasteiger partial charge in [0, 0.05) is 39.0 Å². The molecular weight excluding hydrogens is 356 g/mol. The summed E-state index contributed by atoms with van der Waals surface area (Å²) >= 11 is 0. The molecule has 28 heavy (non-hydrogen) atoms. The minimum Gasteiger partial charge on any atom is -0.347 e. The fraction of sp³-hybridized carbons (Fsp3) is 0.500. The minimum atomic E-state index is -0.427. The third kappa shape index (κ3) is 4.22. The predicted molar refractivity (Wildman–Crippen MR) is 103 cm³/mol. The summed E-state index contributed by atoms with van der Waals surface area (Å²) in [5.74, 6) is 1.51. The Bertz CT molecular complexity index is 877. The molecule has 0 saturated carbocycles. The van der Waals surface area contributed by atoms with Crippen LogP contribution >= 0.6 is 0 Å². The number of aromatic nitrogens is 3. The monoisotopic (exact) mass is 382 g/mol. The van der Waals surface area contributed by atoms with Crippen LogP contribution in [0.4, 0.5) is 0 Å². The van der Waals surface area contributed by atoms with Crippen molar-refractivity contribution >= 4 is 11.8 Å². The number of carbonyl (C=O) groups is 2. The van der Waals surface area contributed by atoms with Gasteiger partial charge in [0.1, 0.15) is 11.9 Å². The molecule has 0 radical (unpaired) electrons. The third-order valence-corrected chi connectivity index (χ3v) is 5.42.